The summed E-state index contributed by atoms with van der Waals surface area (Å²) >= 11 is 0. The fourth-order valence-corrected chi connectivity index (χ4v) is 0.993. The molecule has 0 aromatic heterocycles. The van der Waals surface area contributed by atoms with Gasteiger partial charge in [0.1, 0.15) is 0 Å². The Morgan fingerprint density at radius 3 is 2.38 bits per heavy atom. The van der Waals surface area contributed by atoms with Gasteiger partial charge >= 0.3 is 29.6 Å². The Morgan fingerprint density at radius 2 is 2.25 bits per heavy atom. The van der Waals surface area contributed by atoms with Gasteiger partial charge in [-0.05, 0) is 13.3 Å². The molecule has 0 bridgehead atoms. The van der Waals surface area contributed by atoms with Crippen molar-refractivity contribution in [3.63, 3.8) is 0 Å². The largest absolute Gasteiger partial charge is 1.00 e. The molecule has 0 fully saturated rings. The van der Waals surface area contributed by atoms with E-state index >= 15 is 0 Å². The molecule has 0 amide bonds. The van der Waals surface area contributed by atoms with E-state index in [2.05, 4.69) is 29.3 Å². The van der Waals surface area contributed by atoms with E-state index in [0.717, 1.165) is 6.42 Å². The summed E-state index contributed by atoms with van der Waals surface area (Å²) in [5.74, 6) is 0. The fourth-order valence-electron chi connectivity index (χ4n) is 0.664. The van der Waals surface area contributed by atoms with Crippen molar-refractivity contribution < 1.29 is 29.6 Å². The molecule has 0 saturated carbocycles. The Morgan fingerprint density at radius 1 is 1.62 bits per heavy atom. The zero-order chi connectivity index (χ0) is 5.28. The zero-order valence-corrected chi connectivity index (χ0v) is 8.36. The van der Waals surface area contributed by atoms with Gasteiger partial charge in [-0.15, -0.1) is 0 Å². The van der Waals surface area contributed by atoms with Crippen LogP contribution in [-0.2, 0) is 0 Å². The quantitative estimate of drug-likeness (QED) is 0.346. The topological polar surface area (TPSA) is 0 Å². The molecule has 0 unspecified atom stereocenters. The van der Waals surface area contributed by atoms with Gasteiger partial charge in [-0.1, -0.05) is 22.9 Å². The van der Waals surface area contributed by atoms with E-state index in [1.165, 1.54) is 10.8 Å². The van der Waals surface area contributed by atoms with Crippen LogP contribution in [0.1, 0.15) is 13.3 Å². The Hall–Kier alpha value is 0.697. The normalized spacial score (nSPS) is 16.8. The fraction of sp³-hybridized carbons (Fsp3) is 0.333. The van der Waals surface area contributed by atoms with Gasteiger partial charge in [0.05, 0.1) is 10.2 Å². The van der Waals surface area contributed by atoms with E-state index in [0.29, 0.717) is 0 Å². The van der Waals surface area contributed by atoms with Gasteiger partial charge in [0.15, 0.2) is 0 Å². The Balaban J connectivity index is 0.000000490. The molecule has 0 spiro atoms. The van der Waals surface area contributed by atoms with Crippen molar-refractivity contribution in [2.75, 3.05) is 0 Å². The monoisotopic (exact) mass is 130 g/mol. The average Bonchev–Trinajstić information content (AvgIpc) is 1.87. The van der Waals surface area contributed by atoms with Crippen molar-refractivity contribution in [1.29, 1.82) is 0 Å². The second-order valence-electron chi connectivity index (χ2n) is 1.82. The molecular weight excluding hydrogens is 123 g/mol. The SMILES string of the molecule is CC1=CCC([Si])=C1.[Na+]. The summed E-state index contributed by atoms with van der Waals surface area (Å²) in [6, 6.07) is 0. The van der Waals surface area contributed by atoms with Crippen LogP contribution in [0.2, 0.25) is 0 Å². The molecule has 0 aromatic rings. The molecule has 0 atom stereocenters. The van der Waals surface area contributed by atoms with Crippen molar-refractivity contribution >= 4 is 10.2 Å². The third kappa shape index (κ3) is 2.31. The van der Waals surface area contributed by atoms with E-state index in [1.54, 1.807) is 0 Å². The maximum Gasteiger partial charge on any atom is 1.00 e. The number of hydrogen-bond acceptors (Lipinski definition) is 0. The van der Waals surface area contributed by atoms with Crippen molar-refractivity contribution in [3.8, 4) is 0 Å². The molecule has 35 valence electrons. The van der Waals surface area contributed by atoms with E-state index in [-0.39, 0.29) is 29.6 Å². The first-order valence-electron chi connectivity index (χ1n) is 2.38. The van der Waals surface area contributed by atoms with Crippen LogP contribution in [0.3, 0.4) is 0 Å². The molecule has 3 radical (unpaired) electrons. The van der Waals surface area contributed by atoms with E-state index in [4.69, 9.17) is 0 Å². The van der Waals surface area contributed by atoms with E-state index in [9.17, 15) is 0 Å². The molecule has 1 aliphatic rings. The Kier molecular flexibility index (Phi) is 3.99. The standard InChI is InChI=1S/C6H7Si.Na/c1-5-2-3-6(7)4-5;/h2,4H,3H2,1H3;/q;+1. The van der Waals surface area contributed by atoms with Crippen molar-refractivity contribution in [1.82, 2.24) is 0 Å². The third-order valence-electron chi connectivity index (χ3n) is 1.05. The van der Waals surface area contributed by atoms with Gasteiger partial charge in [0.2, 0.25) is 0 Å². The average molecular weight is 130 g/mol. The Labute approximate surface area is 75.8 Å². The molecule has 0 N–H and O–H groups in total. The summed E-state index contributed by atoms with van der Waals surface area (Å²) in [4.78, 5) is 0. The molecule has 0 nitrogen and oxygen atoms in total. The second kappa shape index (κ2) is 3.67. The van der Waals surface area contributed by atoms with Crippen molar-refractivity contribution in [3.05, 3.63) is 22.9 Å². The van der Waals surface area contributed by atoms with Crippen LogP contribution in [0.25, 0.3) is 0 Å². The maximum absolute atomic E-state index is 3.43. The van der Waals surface area contributed by atoms with Gasteiger partial charge in [-0.25, -0.2) is 0 Å². The number of rotatable bonds is 0. The van der Waals surface area contributed by atoms with Crippen LogP contribution in [0.15, 0.2) is 22.9 Å². The molecule has 0 aromatic carbocycles. The van der Waals surface area contributed by atoms with Crippen LogP contribution >= 0.6 is 0 Å². The van der Waals surface area contributed by atoms with Crippen LogP contribution < -0.4 is 29.6 Å². The number of allylic oxidation sites excluding steroid dienone is 4. The van der Waals surface area contributed by atoms with E-state index < -0.39 is 0 Å². The Bertz CT molecular complexity index is 135. The molecule has 1 aliphatic carbocycles. The van der Waals surface area contributed by atoms with Gasteiger partial charge in [-0.3, -0.25) is 0 Å². The predicted octanol–water partition coefficient (Wildman–Crippen LogP) is -1.61. The molecule has 0 heterocycles. The molecule has 1 rings (SSSR count). The van der Waals surface area contributed by atoms with Gasteiger partial charge < -0.3 is 0 Å². The molecule has 2 heteroatoms. The number of hydrogen-bond donors (Lipinski definition) is 0. The zero-order valence-electron chi connectivity index (χ0n) is 5.36. The minimum absolute atomic E-state index is 0. The van der Waals surface area contributed by atoms with Gasteiger partial charge in [0, 0.05) is 0 Å². The van der Waals surface area contributed by atoms with Crippen LogP contribution in [0, 0.1) is 0 Å². The van der Waals surface area contributed by atoms with Crippen LogP contribution in [0.4, 0.5) is 0 Å². The first-order valence-corrected chi connectivity index (χ1v) is 2.88. The molecule has 8 heavy (non-hydrogen) atoms. The van der Waals surface area contributed by atoms with Gasteiger partial charge in [-0.2, -0.15) is 0 Å². The summed E-state index contributed by atoms with van der Waals surface area (Å²) in [6.45, 7) is 2.10. The molecule has 0 saturated heterocycles. The van der Waals surface area contributed by atoms with Crippen LogP contribution in [-0.4, -0.2) is 10.2 Å². The summed E-state index contributed by atoms with van der Waals surface area (Å²) in [5.41, 5.74) is 1.37. The summed E-state index contributed by atoms with van der Waals surface area (Å²) in [7, 11) is 3.43. The minimum Gasteiger partial charge on any atom is -0.0844 e. The first kappa shape index (κ1) is 8.70. The minimum atomic E-state index is 0. The van der Waals surface area contributed by atoms with Crippen molar-refractivity contribution in [2.45, 2.75) is 13.3 Å². The second-order valence-corrected chi connectivity index (χ2v) is 2.46. The molecule has 0 aliphatic heterocycles. The third-order valence-corrected chi connectivity index (χ3v) is 1.39. The first-order chi connectivity index (χ1) is 3.29. The maximum atomic E-state index is 3.43. The van der Waals surface area contributed by atoms with E-state index in [1.807, 2.05) is 0 Å². The molecular formula is C6H7NaSi+. The van der Waals surface area contributed by atoms with Gasteiger partial charge in [0.25, 0.3) is 0 Å². The smallest absolute Gasteiger partial charge is 0.0844 e. The summed E-state index contributed by atoms with van der Waals surface area (Å²) in [6.07, 6.45) is 5.42. The van der Waals surface area contributed by atoms with Crippen LogP contribution in [0.5, 0.6) is 0 Å². The van der Waals surface area contributed by atoms with Crippen molar-refractivity contribution in [2.24, 2.45) is 0 Å². The summed E-state index contributed by atoms with van der Waals surface area (Å²) < 4.78 is 0. The predicted molar refractivity (Wildman–Crippen MR) is 32.2 cm³/mol. The summed E-state index contributed by atoms with van der Waals surface area (Å²) in [5, 5.41) is 1.29.